The first-order valence-electron chi connectivity index (χ1n) is 9.13. The first kappa shape index (κ1) is 21.9. The van der Waals surface area contributed by atoms with E-state index in [1.807, 2.05) is 0 Å². The molecule has 0 radical (unpaired) electrons. The van der Waals surface area contributed by atoms with Gasteiger partial charge in [0.1, 0.15) is 5.75 Å². The fraction of sp³-hybridized carbons (Fsp3) is 0.0870. The molecule has 158 valence electrons. The van der Waals surface area contributed by atoms with Gasteiger partial charge in [-0.3, -0.25) is 4.79 Å². The van der Waals surface area contributed by atoms with Crippen molar-refractivity contribution in [3.63, 3.8) is 0 Å². The smallest absolute Gasteiger partial charge is 0.343 e. The molecule has 0 aromatic heterocycles. The van der Waals surface area contributed by atoms with E-state index in [4.69, 9.17) is 25.8 Å². The molecule has 3 aromatic carbocycles. The molecule has 3 aromatic rings. The van der Waals surface area contributed by atoms with Gasteiger partial charge in [-0.1, -0.05) is 11.6 Å². The normalized spacial score (nSPS) is 10.5. The number of hydrazone groups is 1. The number of halogens is 1. The van der Waals surface area contributed by atoms with Gasteiger partial charge in [0.25, 0.3) is 5.91 Å². The maximum atomic E-state index is 12.5. The van der Waals surface area contributed by atoms with Crippen LogP contribution in [0.1, 0.15) is 26.3 Å². The fourth-order valence-corrected chi connectivity index (χ4v) is 2.70. The van der Waals surface area contributed by atoms with Crippen molar-refractivity contribution in [3.8, 4) is 17.2 Å². The Labute approximate surface area is 184 Å². The van der Waals surface area contributed by atoms with Gasteiger partial charge in [-0.05, 0) is 72.3 Å². The Hall–Kier alpha value is -3.84. The summed E-state index contributed by atoms with van der Waals surface area (Å²) in [6, 6.07) is 17.9. The molecule has 0 aliphatic carbocycles. The van der Waals surface area contributed by atoms with E-state index in [9.17, 15) is 9.59 Å². The number of methoxy groups -OCH3 is 2. The van der Waals surface area contributed by atoms with Crippen molar-refractivity contribution in [2.75, 3.05) is 14.2 Å². The highest BCUT2D eigenvalue weighted by atomic mass is 35.5. The molecule has 3 rings (SSSR count). The van der Waals surface area contributed by atoms with E-state index < -0.39 is 5.97 Å². The monoisotopic (exact) mass is 438 g/mol. The molecule has 1 N–H and O–H groups in total. The van der Waals surface area contributed by atoms with Crippen molar-refractivity contribution in [1.82, 2.24) is 5.43 Å². The summed E-state index contributed by atoms with van der Waals surface area (Å²) < 4.78 is 15.8. The summed E-state index contributed by atoms with van der Waals surface area (Å²) in [7, 11) is 3.02. The first-order chi connectivity index (χ1) is 15.0. The molecule has 0 heterocycles. The molecule has 7 nitrogen and oxygen atoms in total. The molecule has 0 aliphatic rings. The Balaban J connectivity index is 1.70. The number of hydrogen-bond donors (Lipinski definition) is 1. The van der Waals surface area contributed by atoms with E-state index >= 15 is 0 Å². The Morgan fingerprint density at radius 1 is 0.871 bits per heavy atom. The lowest BCUT2D eigenvalue weighted by Gasteiger charge is -2.10. The first-order valence-corrected chi connectivity index (χ1v) is 9.51. The van der Waals surface area contributed by atoms with E-state index in [1.54, 1.807) is 73.8 Å². The molecule has 0 saturated heterocycles. The molecular weight excluding hydrogens is 420 g/mol. The van der Waals surface area contributed by atoms with Crippen LogP contribution in [0.4, 0.5) is 0 Å². The highest BCUT2D eigenvalue weighted by molar-refractivity contribution is 6.30. The second-order valence-corrected chi connectivity index (χ2v) is 6.67. The third kappa shape index (κ3) is 5.83. The SMILES string of the molecule is COc1ccc(C(=O)Oc2cc(/C=N\NC(=O)c3ccc(Cl)cc3)ccc2OC)cc1. The van der Waals surface area contributed by atoms with Gasteiger partial charge in [0, 0.05) is 10.6 Å². The number of carbonyl (C=O) groups is 2. The maximum absolute atomic E-state index is 12.5. The number of nitrogens with one attached hydrogen (secondary N) is 1. The van der Waals surface area contributed by atoms with Gasteiger partial charge in [0.05, 0.1) is 26.0 Å². The summed E-state index contributed by atoms with van der Waals surface area (Å²) in [5.74, 6) is 0.298. The van der Waals surface area contributed by atoms with E-state index in [2.05, 4.69) is 10.5 Å². The van der Waals surface area contributed by atoms with Crippen molar-refractivity contribution in [3.05, 3.63) is 88.4 Å². The minimum atomic E-state index is -0.550. The maximum Gasteiger partial charge on any atom is 0.343 e. The lowest BCUT2D eigenvalue weighted by molar-refractivity contribution is 0.0729. The fourth-order valence-electron chi connectivity index (χ4n) is 2.57. The van der Waals surface area contributed by atoms with Crippen molar-refractivity contribution < 1.29 is 23.8 Å². The van der Waals surface area contributed by atoms with Crippen molar-refractivity contribution >= 4 is 29.7 Å². The quantitative estimate of drug-likeness (QED) is 0.256. The molecule has 0 fully saturated rings. The third-order valence-corrected chi connectivity index (χ3v) is 4.45. The van der Waals surface area contributed by atoms with E-state index in [0.717, 1.165) is 0 Å². The van der Waals surface area contributed by atoms with Gasteiger partial charge < -0.3 is 14.2 Å². The Morgan fingerprint density at radius 2 is 1.55 bits per heavy atom. The zero-order chi connectivity index (χ0) is 22.2. The van der Waals surface area contributed by atoms with Crippen molar-refractivity contribution in [1.29, 1.82) is 0 Å². The van der Waals surface area contributed by atoms with Crippen LogP contribution in [0.3, 0.4) is 0 Å². The summed E-state index contributed by atoms with van der Waals surface area (Å²) >= 11 is 5.82. The van der Waals surface area contributed by atoms with Crippen LogP contribution in [0.2, 0.25) is 5.02 Å². The number of esters is 1. The highest BCUT2D eigenvalue weighted by Crippen LogP contribution is 2.28. The molecule has 0 unspecified atom stereocenters. The number of carbonyl (C=O) groups excluding carboxylic acids is 2. The Bertz CT molecular complexity index is 1100. The topological polar surface area (TPSA) is 86.2 Å². The standard InChI is InChI=1S/C23H19ClN2O5/c1-29-19-10-6-17(7-11-19)23(28)31-21-13-15(3-12-20(21)30-2)14-25-26-22(27)16-4-8-18(24)9-5-16/h3-14H,1-2H3,(H,26,27)/b25-14-. The van der Waals surface area contributed by atoms with Crippen LogP contribution >= 0.6 is 11.6 Å². The molecule has 1 amide bonds. The van der Waals surface area contributed by atoms with Crippen LogP contribution in [-0.4, -0.2) is 32.3 Å². The van der Waals surface area contributed by atoms with Crippen molar-refractivity contribution in [2.24, 2.45) is 5.10 Å². The molecule has 0 spiro atoms. The van der Waals surface area contributed by atoms with Crippen molar-refractivity contribution in [2.45, 2.75) is 0 Å². The molecule has 0 bridgehead atoms. The van der Waals surface area contributed by atoms with Gasteiger partial charge >= 0.3 is 5.97 Å². The highest BCUT2D eigenvalue weighted by Gasteiger charge is 2.13. The lowest BCUT2D eigenvalue weighted by Crippen LogP contribution is -2.17. The number of rotatable bonds is 7. The molecule has 0 atom stereocenters. The molecule has 8 heteroatoms. The Morgan fingerprint density at radius 3 is 2.19 bits per heavy atom. The summed E-state index contributed by atoms with van der Waals surface area (Å²) in [4.78, 5) is 24.6. The summed E-state index contributed by atoms with van der Waals surface area (Å²) in [6.45, 7) is 0. The van der Waals surface area contributed by atoms with Gasteiger partial charge in [-0.15, -0.1) is 0 Å². The average Bonchev–Trinajstić information content (AvgIpc) is 2.79. The van der Waals surface area contributed by atoms with Crippen LogP contribution in [0.15, 0.2) is 71.8 Å². The van der Waals surface area contributed by atoms with Gasteiger partial charge in [-0.2, -0.15) is 5.10 Å². The van der Waals surface area contributed by atoms with Gasteiger partial charge in [0.2, 0.25) is 0 Å². The van der Waals surface area contributed by atoms with Crippen LogP contribution in [-0.2, 0) is 0 Å². The summed E-state index contributed by atoms with van der Waals surface area (Å²) in [5.41, 5.74) is 3.80. The average molecular weight is 439 g/mol. The molecular formula is C23H19ClN2O5. The summed E-state index contributed by atoms with van der Waals surface area (Å²) in [6.07, 6.45) is 1.43. The second-order valence-electron chi connectivity index (χ2n) is 6.23. The molecule has 0 aliphatic heterocycles. The number of amides is 1. The van der Waals surface area contributed by atoms with Gasteiger partial charge in [-0.25, -0.2) is 10.2 Å². The van der Waals surface area contributed by atoms with E-state index in [-0.39, 0.29) is 11.7 Å². The predicted molar refractivity (Wildman–Crippen MR) is 117 cm³/mol. The lowest BCUT2D eigenvalue weighted by atomic mass is 10.2. The number of nitrogens with zero attached hydrogens (tertiary/aromatic N) is 1. The van der Waals surface area contributed by atoms with Crippen LogP contribution in [0.25, 0.3) is 0 Å². The van der Waals surface area contributed by atoms with Crippen LogP contribution < -0.4 is 19.6 Å². The van der Waals surface area contributed by atoms with E-state index in [1.165, 1.54) is 13.3 Å². The Kier molecular flexibility index (Phi) is 7.24. The number of benzene rings is 3. The van der Waals surface area contributed by atoms with Crippen LogP contribution in [0, 0.1) is 0 Å². The van der Waals surface area contributed by atoms with E-state index in [0.29, 0.717) is 33.2 Å². The number of ether oxygens (including phenoxy) is 3. The minimum Gasteiger partial charge on any atom is -0.497 e. The minimum absolute atomic E-state index is 0.219. The summed E-state index contributed by atoms with van der Waals surface area (Å²) in [5, 5.41) is 4.48. The van der Waals surface area contributed by atoms with Gasteiger partial charge in [0.15, 0.2) is 11.5 Å². The second kappa shape index (κ2) is 10.3. The van der Waals surface area contributed by atoms with Crippen LogP contribution in [0.5, 0.6) is 17.2 Å². The zero-order valence-corrected chi connectivity index (χ0v) is 17.6. The molecule has 0 saturated carbocycles. The molecule has 31 heavy (non-hydrogen) atoms. The third-order valence-electron chi connectivity index (χ3n) is 4.20. The largest absolute Gasteiger partial charge is 0.497 e. The zero-order valence-electron chi connectivity index (χ0n) is 16.8. The predicted octanol–water partition coefficient (Wildman–Crippen LogP) is 4.34. The number of hydrogen-bond acceptors (Lipinski definition) is 6.